The molecule has 0 radical (unpaired) electrons. The van der Waals surface area contributed by atoms with E-state index in [4.69, 9.17) is 5.26 Å². The summed E-state index contributed by atoms with van der Waals surface area (Å²) in [5.74, 6) is 0.154. The molecule has 0 aromatic heterocycles. The van der Waals surface area contributed by atoms with Crippen molar-refractivity contribution in [1.29, 1.82) is 5.26 Å². The second-order valence-corrected chi connectivity index (χ2v) is 10.6. The summed E-state index contributed by atoms with van der Waals surface area (Å²) in [6.45, 7) is 7.78. The largest absolute Gasteiger partial charge is 0.407 e. The number of nitrogens with zero attached hydrogens (tertiary/aromatic N) is 1. The van der Waals surface area contributed by atoms with Gasteiger partial charge in [-0.2, -0.15) is 18.4 Å². The number of hydrogen-bond donors (Lipinski definition) is 2. The zero-order chi connectivity index (χ0) is 26.8. The van der Waals surface area contributed by atoms with Gasteiger partial charge in [-0.25, -0.2) is 8.42 Å². The fourth-order valence-electron chi connectivity index (χ4n) is 2.97. The van der Waals surface area contributed by atoms with E-state index in [-0.39, 0.29) is 23.4 Å². The first-order valence-corrected chi connectivity index (χ1v) is 13.0. The van der Waals surface area contributed by atoms with Gasteiger partial charge in [0.05, 0.1) is 17.0 Å². The summed E-state index contributed by atoms with van der Waals surface area (Å²) < 4.78 is 64.2. The van der Waals surface area contributed by atoms with Gasteiger partial charge in [0.2, 0.25) is 5.91 Å². The molecule has 192 valence electrons. The molecule has 6 nitrogen and oxygen atoms in total. The number of carbonyl (C=O) groups excluding carboxylic acids is 1. The first kappa shape index (κ1) is 30.1. The lowest BCUT2D eigenvalue weighted by Crippen LogP contribution is -2.48. The first-order valence-electron chi connectivity index (χ1n) is 11.1. The van der Waals surface area contributed by atoms with E-state index < -0.39 is 34.0 Å². The number of carbonyl (C=O) groups is 1. The summed E-state index contributed by atoms with van der Waals surface area (Å²) in [4.78, 5) is 12.2. The Kier molecular flexibility index (Phi) is 11.4. The van der Waals surface area contributed by atoms with Crippen LogP contribution in [0, 0.1) is 17.2 Å². The molecule has 10 heteroatoms. The van der Waals surface area contributed by atoms with Crippen LogP contribution < -0.4 is 10.6 Å². The van der Waals surface area contributed by atoms with Crippen molar-refractivity contribution in [2.24, 2.45) is 5.92 Å². The van der Waals surface area contributed by atoms with Crippen molar-refractivity contribution in [3.63, 3.8) is 0 Å². The van der Waals surface area contributed by atoms with Gasteiger partial charge in [0.15, 0.2) is 9.84 Å². The average molecular weight is 512 g/mol. The van der Waals surface area contributed by atoms with Crippen LogP contribution in [0.25, 0.3) is 11.1 Å². The highest BCUT2D eigenvalue weighted by Crippen LogP contribution is 2.34. The molecule has 2 rings (SSSR count). The number of amides is 1. The van der Waals surface area contributed by atoms with E-state index in [0.717, 1.165) is 12.2 Å². The second-order valence-electron chi connectivity index (χ2n) is 8.63. The van der Waals surface area contributed by atoms with E-state index >= 15 is 0 Å². The third-order valence-electron chi connectivity index (χ3n) is 4.62. The van der Waals surface area contributed by atoms with Gasteiger partial charge >= 0.3 is 6.18 Å². The van der Waals surface area contributed by atoms with Crippen molar-refractivity contribution in [3.05, 3.63) is 54.1 Å². The van der Waals surface area contributed by atoms with E-state index in [0.29, 0.717) is 11.1 Å². The van der Waals surface area contributed by atoms with Crippen LogP contribution in [-0.4, -0.2) is 39.3 Å². The molecule has 1 amide bonds. The molecule has 2 aromatic rings. The van der Waals surface area contributed by atoms with Crippen LogP contribution in [0.3, 0.4) is 0 Å². The van der Waals surface area contributed by atoms with Gasteiger partial charge in [0, 0.05) is 6.26 Å². The zero-order valence-electron chi connectivity index (χ0n) is 20.5. The van der Waals surface area contributed by atoms with E-state index in [9.17, 15) is 26.4 Å². The molecule has 2 unspecified atom stereocenters. The van der Waals surface area contributed by atoms with Gasteiger partial charge < -0.3 is 5.32 Å². The Labute approximate surface area is 205 Å². The minimum absolute atomic E-state index is 0.0736. The number of sulfone groups is 1. The number of nitrogens with one attached hydrogen (secondary N) is 2. The molecule has 0 saturated heterocycles. The van der Waals surface area contributed by atoms with Crippen molar-refractivity contribution >= 4 is 15.7 Å². The maximum absolute atomic E-state index is 13.7. The predicted molar refractivity (Wildman–Crippen MR) is 130 cm³/mol. The van der Waals surface area contributed by atoms with Gasteiger partial charge in [-0.3, -0.25) is 10.1 Å². The van der Waals surface area contributed by atoms with E-state index in [1.165, 1.54) is 36.4 Å². The third kappa shape index (κ3) is 10.1. The molecule has 35 heavy (non-hydrogen) atoms. The van der Waals surface area contributed by atoms with Crippen LogP contribution >= 0.6 is 0 Å². The summed E-state index contributed by atoms with van der Waals surface area (Å²) in [7, 11) is -3.35. The minimum Gasteiger partial charge on any atom is -0.342 e. The van der Waals surface area contributed by atoms with Crippen LogP contribution in [-0.2, 0) is 14.6 Å². The molecule has 0 saturated carbocycles. The number of rotatable bonds is 8. The highest BCUT2D eigenvalue weighted by atomic mass is 32.2. The highest BCUT2D eigenvalue weighted by Gasteiger charge is 2.42. The van der Waals surface area contributed by atoms with Crippen molar-refractivity contribution in [2.45, 2.75) is 57.3 Å². The van der Waals surface area contributed by atoms with E-state index in [1.807, 2.05) is 0 Å². The van der Waals surface area contributed by atoms with Crippen LogP contribution in [0.4, 0.5) is 13.2 Å². The van der Waals surface area contributed by atoms with Crippen LogP contribution in [0.1, 0.15) is 45.7 Å². The van der Waals surface area contributed by atoms with Gasteiger partial charge in [0.25, 0.3) is 0 Å². The molecule has 0 aliphatic carbocycles. The number of benzene rings is 2. The Hall–Kier alpha value is -2.90. The molecule has 2 N–H and O–H groups in total. The third-order valence-corrected chi connectivity index (χ3v) is 5.75. The number of halogens is 3. The lowest BCUT2D eigenvalue weighted by Gasteiger charge is -2.26. The van der Waals surface area contributed by atoms with Crippen molar-refractivity contribution in [3.8, 4) is 17.2 Å². The lowest BCUT2D eigenvalue weighted by molar-refractivity contribution is -0.160. The standard InChI is InChI=1S/C21H22F3N3O3S.C4H10/c1-3-18(20(28)26-13-12-25)27-19(21(22,23)24)16-6-4-14(5-7-16)15-8-10-17(11-9-15)31(2,29)30;1-4(2)3/h4-11,18-19,27H,3,13H2,1-2H3,(H,26,28);4H,1-3H3. The monoisotopic (exact) mass is 511 g/mol. The number of hydrogen-bond acceptors (Lipinski definition) is 5. The Morgan fingerprint density at radius 3 is 1.83 bits per heavy atom. The molecule has 0 fully saturated rings. The molecule has 2 atom stereocenters. The smallest absolute Gasteiger partial charge is 0.342 e. The van der Waals surface area contributed by atoms with Gasteiger partial charge in [-0.1, -0.05) is 64.1 Å². The fourth-order valence-corrected chi connectivity index (χ4v) is 3.60. The Morgan fingerprint density at radius 2 is 1.46 bits per heavy atom. The summed E-state index contributed by atoms with van der Waals surface area (Å²) in [6.07, 6.45) is -3.46. The van der Waals surface area contributed by atoms with E-state index in [1.54, 1.807) is 25.1 Å². The summed E-state index contributed by atoms with van der Waals surface area (Å²) >= 11 is 0. The summed E-state index contributed by atoms with van der Waals surface area (Å²) in [5, 5.41) is 13.1. The Balaban J connectivity index is 0.00000142. The lowest BCUT2D eigenvalue weighted by atomic mass is 9.99. The average Bonchev–Trinajstić information content (AvgIpc) is 2.76. The minimum atomic E-state index is -4.65. The van der Waals surface area contributed by atoms with E-state index in [2.05, 4.69) is 31.4 Å². The first-order chi connectivity index (χ1) is 16.2. The van der Waals surface area contributed by atoms with Gasteiger partial charge in [-0.05, 0) is 41.2 Å². The zero-order valence-corrected chi connectivity index (χ0v) is 21.3. The van der Waals surface area contributed by atoms with Crippen molar-refractivity contribution in [1.82, 2.24) is 10.6 Å². The molecule has 0 aliphatic heterocycles. The van der Waals surface area contributed by atoms with Crippen LogP contribution in [0.15, 0.2) is 53.4 Å². The molecule has 0 spiro atoms. The predicted octanol–water partition coefficient (Wildman–Crippen LogP) is 5.03. The maximum Gasteiger partial charge on any atom is 0.407 e. The molecular weight excluding hydrogens is 479 g/mol. The Bertz CT molecular complexity index is 1090. The quantitative estimate of drug-likeness (QED) is 0.485. The SMILES string of the molecule is CC(C)C.CCC(NC(c1ccc(-c2ccc(S(C)(=O)=O)cc2)cc1)C(F)(F)F)C(=O)NCC#N. The summed E-state index contributed by atoms with van der Waals surface area (Å²) in [6, 6.07) is 10.2. The van der Waals surface area contributed by atoms with Crippen molar-refractivity contribution < 1.29 is 26.4 Å². The topological polar surface area (TPSA) is 99.1 Å². The number of alkyl halides is 3. The Morgan fingerprint density at radius 1 is 1.00 bits per heavy atom. The molecule has 2 aromatic carbocycles. The molecule has 0 aliphatic rings. The highest BCUT2D eigenvalue weighted by molar-refractivity contribution is 7.90. The fraction of sp³-hybridized carbons (Fsp3) is 0.440. The van der Waals surface area contributed by atoms with Crippen LogP contribution in [0.2, 0.25) is 0 Å². The molecular formula is C25H32F3N3O3S. The normalized spacial score (nSPS) is 13.3. The summed E-state index contributed by atoms with van der Waals surface area (Å²) in [5.41, 5.74) is 1.19. The van der Waals surface area contributed by atoms with Gasteiger partial charge in [0.1, 0.15) is 12.6 Å². The molecule has 0 heterocycles. The second kappa shape index (κ2) is 13.3. The van der Waals surface area contributed by atoms with Gasteiger partial charge in [-0.15, -0.1) is 0 Å². The van der Waals surface area contributed by atoms with Crippen LogP contribution in [0.5, 0.6) is 0 Å². The molecule has 0 bridgehead atoms. The number of nitriles is 1. The van der Waals surface area contributed by atoms with Crippen molar-refractivity contribution in [2.75, 3.05) is 12.8 Å². The maximum atomic E-state index is 13.7.